The van der Waals surface area contributed by atoms with Gasteiger partial charge in [-0.3, -0.25) is 4.79 Å². The van der Waals surface area contributed by atoms with Crippen molar-refractivity contribution in [2.75, 3.05) is 6.61 Å². The van der Waals surface area contributed by atoms with Crippen LogP contribution in [0.4, 0.5) is 0 Å². The fourth-order valence-corrected chi connectivity index (χ4v) is 2.63. The third-order valence-corrected chi connectivity index (χ3v) is 3.43. The summed E-state index contributed by atoms with van der Waals surface area (Å²) < 4.78 is 5.83. The molecule has 0 N–H and O–H groups in total. The average molecular weight is 244 g/mol. The zero-order valence-electron chi connectivity index (χ0n) is 11.6. The van der Waals surface area contributed by atoms with E-state index < -0.39 is 0 Å². The number of aryl methyl sites for hydroxylation is 1. The first-order chi connectivity index (χ1) is 8.52. The van der Waals surface area contributed by atoms with E-state index in [2.05, 4.69) is 13.0 Å². The molecule has 0 bridgehead atoms. The Morgan fingerprint density at radius 2 is 1.94 bits per heavy atom. The van der Waals surface area contributed by atoms with Gasteiger partial charge in [0.05, 0.1) is 6.61 Å². The summed E-state index contributed by atoms with van der Waals surface area (Å²) >= 11 is 0. The smallest absolute Gasteiger partial charge is 0.160 e. The Kier molecular flexibility index (Phi) is 3.55. The summed E-state index contributed by atoms with van der Waals surface area (Å²) in [7, 11) is 0. The van der Waals surface area contributed by atoms with Gasteiger partial charge in [0, 0.05) is 11.1 Å². The molecule has 0 aromatic heterocycles. The van der Waals surface area contributed by atoms with Crippen molar-refractivity contribution in [2.24, 2.45) is 0 Å². The normalized spacial score (nSPS) is 13.6. The number of hydrogen-bond acceptors (Lipinski definition) is 2. The monoisotopic (exact) mass is 244 g/mol. The second kappa shape index (κ2) is 4.97. The molecule has 1 aromatic rings. The second-order valence-electron chi connectivity index (χ2n) is 5.12. The van der Waals surface area contributed by atoms with Crippen LogP contribution in [-0.4, -0.2) is 12.4 Å². The van der Waals surface area contributed by atoms with Gasteiger partial charge in [0.2, 0.25) is 0 Å². The molecule has 0 saturated carbocycles. The predicted molar refractivity (Wildman–Crippen MR) is 73.9 cm³/mol. The highest BCUT2D eigenvalue weighted by Crippen LogP contribution is 2.36. The maximum Gasteiger partial charge on any atom is 0.160 e. The molecule has 0 unspecified atom stereocenters. The van der Waals surface area contributed by atoms with Gasteiger partial charge < -0.3 is 4.74 Å². The number of Topliss-reactive ketones (excluding diaryl/α,β-unsaturated/α-hetero) is 1. The average Bonchev–Trinajstić information content (AvgIpc) is 2.32. The summed E-state index contributed by atoms with van der Waals surface area (Å²) in [6.07, 6.45) is 2.10. The molecule has 1 aliphatic rings. The standard InChI is InChI=1S/C16H20O2/c1-10(2)15(12(4)17)14-8-7-11(3)13-6-5-9-18-16(13)14/h7-8H,5-6,9H2,1-4H3. The highest BCUT2D eigenvalue weighted by molar-refractivity contribution is 6.21. The van der Waals surface area contributed by atoms with Crippen molar-refractivity contribution >= 4 is 11.4 Å². The second-order valence-corrected chi connectivity index (χ2v) is 5.12. The number of hydrogen-bond donors (Lipinski definition) is 0. The molecule has 1 aliphatic heterocycles. The Bertz CT molecular complexity index is 520. The summed E-state index contributed by atoms with van der Waals surface area (Å²) in [5.74, 6) is 1.03. The van der Waals surface area contributed by atoms with E-state index in [9.17, 15) is 4.79 Å². The van der Waals surface area contributed by atoms with Gasteiger partial charge in [0.25, 0.3) is 0 Å². The van der Waals surface area contributed by atoms with E-state index >= 15 is 0 Å². The minimum absolute atomic E-state index is 0.107. The molecule has 0 saturated heterocycles. The summed E-state index contributed by atoms with van der Waals surface area (Å²) in [6.45, 7) is 8.43. The van der Waals surface area contributed by atoms with Crippen LogP contribution < -0.4 is 4.74 Å². The quantitative estimate of drug-likeness (QED) is 0.741. The van der Waals surface area contributed by atoms with Crippen molar-refractivity contribution in [3.8, 4) is 5.75 Å². The molecular formula is C16H20O2. The van der Waals surface area contributed by atoms with Crippen molar-refractivity contribution in [2.45, 2.75) is 40.5 Å². The van der Waals surface area contributed by atoms with E-state index in [0.29, 0.717) is 0 Å². The highest BCUT2D eigenvalue weighted by atomic mass is 16.5. The molecule has 1 aromatic carbocycles. The van der Waals surface area contributed by atoms with Gasteiger partial charge >= 0.3 is 0 Å². The van der Waals surface area contributed by atoms with Gasteiger partial charge in [0.15, 0.2) is 5.78 Å². The minimum Gasteiger partial charge on any atom is -0.493 e. The van der Waals surface area contributed by atoms with Crippen LogP contribution in [0.1, 0.15) is 43.9 Å². The number of carbonyl (C=O) groups is 1. The van der Waals surface area contributed by atoms with Crippen LogP contribution >= 0.6 is 0 Å². The number of rotatable bonds is 2. The largest absolute Gasteiger partial charge is 0.493 e. The fraction of sp³-hybridized carbons (Fsp3) is 0.438. The number of ether oxygens (including phenoxy) is 1. The van der Waals surface area contributed by atoms with Crippen molar-refractivity contribution in [1.29, 1.82) is 0 Å². The number of benzene rings is 1. The Hall–Kier alpha value is -1.57. The van der Waals surface area contributed by atoms with Crippen molar-refractivity contribution in [3.05, 3.63) is 34.4 Å². The van der Waals surface area contributed by atoms with E-state index in [0.717, 1.165) is 41.9 Å². The highest BCUT2D eigenvalue weighted by Gasteiger charge is 2.21. The Balaban J connectivity index is 2.66. The molecule has 0 atom stereocenters. The lowest BCUT2D eigenvalue weighted by Gasteiger charge is -2.23. The van der Waals surface area contributed by atoms with E-state index in [4.69, 9.17) is 4.74 Å². The van der Waals surface area contributed by atoms with E-state index in [-0.39, 0.29) is 5.78 Å². The van der Waals surface area contributed by atoms with E-state index in [1.165, 1.54) is 11.1 Å². The van der Waals surface area contributed by atoms with Crippen LogP contribution in [0.5, 0.6) is 5.75 Å². The molecule has 0 radical (unpaired) electrons. The van der Waals surface area contributed by atoms with E-state index in [1.807, 2.05) is 19.9 Å². The van der Waals surface area contributed by atoms with Crippen LogP contribution in [0, 0.1) is 6.92 Å². The summed E-state index contributed by atoms with van der Waals surface area (Å²) in [6, 6.07) is 4.11. The third-order valence-electron chi connectivity index (χ3n) is 3.43. The number of allylic oxidation sites excluding steroid dienone is 2. The maximum absolute atomic E-state index is 11.8. The summed E-state index contributed by atoms with van der Waals surface area (Å²) in [5, 5.41) is 0. The fourth-order valence-electron chi connectivity index (χ4n) is 2.63. The molecule has 96 valence electrons. The van der Waals surface area contributed by atoms with Crippen LogP contribution in [0.3, 0.4) is 0 Å². The topological polar surface area (TPSA) is 26.3 Å². The maximum atomic E-state index is 11.8. The first-order valence-corrected chi connectivity index (χ1v) is 6.46. The van der Waals surface area contributed by atoms with Crippen molar-refractivity contribution in [1.82, 2.24) is 0 Å². The first-order valence-electron chi connectivity index (χ1n) is 6.46. The lowest BCUT2D eigenvalue weighted by atomic mass is 9.91. The van der Waals surface area contributed by atoms with Gasteiger partial charge in [-0.05, 0) is 51.7 Å². The number of ketones is 1. The Morgan fingerprint density at radius 3 is 2.56 bits per heavy atom. The molecule has 2 heteroatoms. The predicted octanol–water partition coefficient (Wildman–Crippen LogP) is 3.70. The van der Waals surface area contributed by atoms with Gasteiger partial charge in [0.1, 0.15) is 5.75 Å². The zero-order valence-corrected chi connectivity index (χ0v) is 11.6. The first kappa shape index (κ1) is 12.9. The van der Waals surface area contributed by atoms with Crippen LogP contribution in [0.25, 0.3) is 5.57 Å². The molecule has 18 heavy (non-hydrogen) atoms. The molecule has 0 amide bonds. The Morgan fingerprint density at radius 1 is 1.22 bits per heavy atom. The lowest BCUT2D eigenvalue weighted by Crippen LogP contribution is -2.13. The van der Waals surface area contributed by atoms with Gasteiger partial charge in [-0.1, -0.05) is 17.7 Å². The zero-order chi connectivity index (χ0) is 13.3. The van der Waals surface area contributed by atoms with Crippen molar-refractivity contribution in [3.63, 3.8) is 0 Å². The number of carbonyl (C=O) groups excluding carboxylic acids is 1. The third kappa shape index (κ3) is 2.20. The lowest BCUT2D eigenvalue weighted by molar-refractivity contribution is -0.111. The van der Waals surface area contributed by atoms with Gasteiger partial charge in [-0.25, -0.2) is 0 Å². The van der Waals surface area contributed by atoms with Crippen molar-refractivity contribution < 1.29 is 9.53 Å². The molecule has 0 aliphatic carbocycles. The number of fused-ring (bicyclic) bond motifs is 1. The summed E-state index contributed by atoms with van der Waals surface area (Å²) in [5.41, 5.74) is 5.32. The summed E-state index contributed by atoms with van der Waals surface area (Å²) in [4.78, 5) is 11.8. The van der Waals surface area contributed by atoms with Crippen LogP contribution in [0.2, 0.25) is 0 Å². The van der Waals surface area contributed by atoms with Crippen LogP contribution in [-0.2, 0) is 11.2 Å². The SMILES string of the molecule is CC(=O)C(=C(C)C)c1ccc(C)c2c1OCCC2. The molecule has 2 nitrogen and oxygen atoms in total. The molecule has 2 rings (SSSR count). The Labute approximate surface area is 109 Å². The molecule has 1 heterocycles. The van der Waals surface area contributed by atoms with Crippen LogP contribution in [0.15, 0.2) is 17.7 Å². The van der Waals surface area contributed by atoms with Gasteiger partial charge in [-0.15, -0.1) is 0 Å². The molecular weight excluding hydrogens is 224 g/mol. The van der Waals surface area contributed by atoms with Gasteiger partial charge in [-0.2, -0.15) is 0 Å². The molecule has 0 fully saturated rings. The van der Waals surface area contributed by atoms with E-state index in [1.54, 1.807) is 6.92 Å². The molecule has 0 spiro atoms. The minimum atomic E-state index is 0.107.